The average molecular weight is 275 g/mol. The van der Waals surface area contributed by atoms with E-state index in [1.807, 2.05) is 13.0 Å². The molecule has 0 saturated carbocycles. The highest BCUT2D eigenvalue weighted by molar-refractivity contribution is 7.99. The molecule has 3 heteroatoms. The maximum atomic E-state index is 13.2. The summed E-state index contributed by atoms with van der Waals surface area (Å²) >= 11 is 1.58. The van der Waals surface area contributed by atoms with E-state index < -0.39 is 0 Å². The molecule has 19 heavy (non-hydrogen) atoms. The summed E-state index contributed by atoms with van der Waals surface area (Å²) in [5, 5.41) is 0. The molecule has 0 fully saturated rings. The quantitative estimate of drug-likeness (QED) is 0.906. The van der Waals surface area contributed by atoms with Crippen LogP contribution in [0.2, 0.25) is 0 Å². The van der Waals surface area contributed by atoms with Gasteiger partial charge in [0.05, 0.1) is 0 Å². The van der Waals surface area contributed by atoms with Crippen LogP contribution in [0.3, 0.4) is 0 Å². The molecule has 2 aromatic carbocycles. The number of halogens is 1. The minimum absolute atomic E-state index is 0.168. The Morgan fingerprint density at radius 1 is 1.21 bits per heavy atom. The smallest absolute Gasteiger partial charge is 0.124 e. The lowest BCUT2D eigenvalue weighted by molar-refractivity contribution is 0.624. The normalized spacial score (nSPS) is 12.4. The SMILES string of the molecule is Cc1cc(CC(C)N)ccc1Sc1cccc(F)c1. The number of rotatable bonds is 4. The molecule has 0 spiro atoms. The molecule has 0 saturated heterocycles. The van der Waals surface area contributed by atoms with Gasteiger partial charge in [0.15, 0.2) is 0 Å². The van der Waals surface area contributed by atoms with Crippen molar-refractivity contribution < 1.29 is 4.39 Å². The van der Waals surface area contributed by atoms with Gasteiger partial charge < -0.3 is 5.73 Å². The van der Waals surface area contributed by atoms with Crippen LogP contribution < -0.4 is 5.73 Å². The average Bonchev–Trinajstić information content (AvgIpc) is 2.32. The van der Waals surface area contributed by atoms with Gasteiger partial charge in [-0.05, 0) is 55.7 Å². The van der Waals surface area contributed by atoms with Gasteiger partial charge in [-0.15, -0.1) is 0 Å². The molecule has 2 aromatic rings. The molecule has 0 aliphatic heterocycles. The summed E-state index contributed by atoms with van der Waals surface area (Å²) < 4.78 is 13.2. The van der Waals surface area contributed by atoms with Gasteiger partial charge in [-0.1, -0.05) is 30.0 Å². The second kappa shape index (κ2) is 6.22. The molecule has 0 aliphatic rings. The van der Waals surface area contributed by atoms with E-state index in [-0.39, 0.29) is 11.9 Å². The van der Waals surface area contributed by atoms with Crippen molar-refractivity contribution in [1.29, 1.82) is 0 Å². The van der Waals surface area contributed by atoms with Crippen molar-refractivity contribution in [1.82, 2.24) is 0 Å². The monoisotopic (exact) mass is 275 g/mol. The van der Waals surface area contributed by atoms with Crippen LogP contribution in [0, 0.1) is 12.7 Å². The van der Waals surface area contributed by atoms with Gasteiger partial charge in [-0.3, -0.25) is 0 Å². The first-order valence-electron chi connectivity index (χ1n) is 6.33. The Hall–Kier alpha value is -1.32. The van der Waals surface area contributed by atoms with Gasteiger partial charge in [0, 0.05) is 15.8 Å². The summed E-state index contributed by atoms with van der Waals surface area (Å²) in [5.41, 5.74) is 8.25. The summed E-state index contributed by atoms with van der Waals surface area (Å²) in [4.78, 5) is 2.07. The van der Waals surface area contributed by atoms with Crippen LogP contribution in [0.25, 0.3) is 0 Å². The van der Waals surface area contributed by atoms with E-state index >= 15 is 0 Å². The molecule has 1 atom stereocenters. The maximum Gasteiger partial charge on any atom is 0.124 e. The number of benzene rings is 2. The van der Waals surface area contributed by atoms with Crippen LogP contribution in [0.4, 0.5) is 4.39 Å². The van der Waals surface area contributed by atoms with Gasteiger partial charge in [-0.25, -0.2) is 4.39 Å². The zero-order valence-electron chi connectivity index (χ0n) is 11.2. The maximum absolute atomic E-state index is 13.2. The number of hydrogen-bond donors (Lipinski definition) is 1. The minimum atomic E-state index is -0.198. The Kier molecular flexibility index (Phi) is 4.61. The van der Waals surface area contributed by atoms with Crippen molar-refractivity contribution >= 4 is 11.8 Å². The predicted octanol–water partition coefficient (Wildman–Crippen LogP) is 4.18. The van der Waals surface area contributed by atoms with E-state index in [9.17, 15) is 4.39 Å². The standard InChI is InChI=1S/C16H18FNS/c1-11-8-13(9-12(2)18)6-7-16(11)19-15-5-3-4-14(17)10-15/h3-8,10,12H,9,18H2,1-2H3. The molecule has 0 heterocycles. The molecule has 0 aromatic heterocycles. The van der Waals surface area contributed by atoms with Gasteiger partial charge in [0.25, 0.3) is 0 Å². The highest BCUT2D eigenvalue weighted by Gasteiger charge is 2.05. The van der Waals surface area contributed by atoms with E-state index in [2.05, 4.69) is 25.1 Å². The third kappa shape index (κ3) is 4.08. The van der Waals surface area contributed by atoms with Gasteiger partial charge in [0.2, 0.25) is 0 Å². The molecular formula is C16H18FNS. The highest BCUT2D eigenvalue weighted by Crippen LogP contribution is 2.31. The summed E-state index contributed by atoms with van der Waals surface area (Å²) in [5.74, 6) is -0.198. The van der Waals surface area contributed by atoms with Crippen molar-refractivity contribution in [2.24, 2.45) is 5.73 Å². The summed E-state index contributed by atoms with van der Waals surface area (Å²) in [7, 11) is 0. The lowest BCUT2D eigenvalue weighted by Gasteiger charge is -2.10. The number of nitrogens with two attached hydrogens (primary N) is 1. The summed E-state index contributed by atoms with van der Waals surface area (Å²) in [6, 6.07) is 13.2. The fraction of sp³-hybridized carbons (Fsp3) is 0.250. The Labute approximate surface area is 118 Å². The topological polar surface area (TPSA) is 26.0 Å². The Morgan fingerprint density at radius 2 is 2.00 bits per heavy atom. The fourth-order valence-corrected chi connectivity index (χ4v) is 2.91. The van der Waals surface area contributed by atoms with Crippen LogP contribution in [-0.4, -0.2) is 6.04 Å². The van der Waals surface area contributed by atoms with Crippen LogP contribution in [0.5, 0.6) is 0 Å². The molecule has 1 nitrogen and oxygen atoms in total. The molecule has 0 aliphatic carbocycles. The van der Waals surface area contributed by atoms with Crippen molar-refractivity contribution in [2.75, 3.05) is 0 Å². The summed E-state index contributed by atoms with van der Waals surface area (Å²) in [6.07, 6.45) is 0.881. The Bertz CT molecular complexity index is 566. The van der Waals surface area contributed by atoms with E-state index in [4.69, 9.17) is 5.73 Å². The fourth-order valence-electron chi connectivity index (χ4n) is 1.98. The largest absolute Gasteiger partial charge is 0.328 e. The first-order valence-corrected chi connectivity index (χ1v) is 7.15. The highest BCUT2D eigenvalue weighted by atomic mass is 32.2. The third-order valence-electron chi connectivity index (χ3n) is 2.82. The molecule has 0 amide bonds. The third-order valence-corrected chi connectivity index (χ3v) is 3.99. The van der Waals surface area contributed by atoms with Gasteiger partial charge in [-0.2, -0.15) is 0 Å². The van der Waals surface area contributed by atoms with Crippen LogP contribution in [0.15, 0.2) is 52.3 Å². The second-order valence-electron chi connectivity index (χ2n) is 4.84. The van der Waals surface area contributed by atoms with Crippen molar-refractivity contribution in [3.05, 3.63) is 59.4 Å². The van der Waals surface area contributed by atoms with E-state index in [0.717, 1.165) is 16.2 Å². The number of hydrogen-bond acceptors (Lipinski definition) is 2. The zero-order chi connectivity index (χ0) is 13.8. The van der Waals surface area contributed by atoms with Crippen LogP contribution in [-0.2, 0) is 6.42 Å². The van der Waals surface area contributed by atoms with Crippen LogP contribution in [0.1, 0.15) is 18.1 Å². The number of aryl methyl sites for hydroxylation is 1. The van der Waals surface area contributed by atoms with Crippen molar-refractivity contribution in [3.8, 4) is 0 Å². The van der Waals surface area contributed by atoms with Gasteiger partial charge in [0.1, 0.15) is 5.82 Å². The molecule has 100 valence electrons. The summed E-state index contributed by atoms with van der Waals surface area (Å²) in [6.45, 7) is 4.08. The first-order chi connectivity index (χ1) is 9.04. The molecule has 0 radical (unpaired) electrons. The van der Waals surface area contributed by atoms with E-state index in [0.29, 0.717) is 0 Å². The Morgan fingerprint density at radius 3 is 2.63 bits per heavy atom. The van der Waals surface area contributed by atoms with E-state index in [1.54, 1.807) is 23.9 Å². The molecule has 2 N–H and O–H groups in total. The predicted molar refractivity (Wildman–Crippen MR) is 79.1 cm³/mol. The van der Waals surface area contributed by atoms with Crippen LogP contribution >= 0.6 is 11.8 Å². The second-order valence-corrected chi connectivity index (χ2v) is 5.96. The lowest BCUT2D eigenvalue weighted by Crippen LogP contribution is -2.17. The molecular weight excluding hydrogens is 257 g/mol. The zero-order valence-corrected chi connectivity index (χ0v) is 12.0. The molecule has 2 rings (SSSR count). The van der Waals surface area contributed by atoms with Gasteiger partial charge >= 0.3 is 0 Å². The Balaban J connectivity index is 2.17. The van der Waals surface area contributed by atoms with E-state index in [1.165, 1.54) is 17.2 Å². The first kappa shape index (κ1) is 14.1. The molecule has 0 bridgehead atoms. The van der Waals surface area contributed by atoms with Crippen molar-refractivity contribution in [2.45, 2.75) is 36.1 Å². The van der Waals surface area contributed by atoms with Crippen molar-refractivity contribution in [3.63, 3.8) is 0 Å². The lowest BCUT2D eigenvalue weighted by atomic mass is 10.1. The minimum Gasteiger partial charge on any atom is -0.328 e. The molecule has 1 unspecified atom stereocenters.